The van der Waals surface area contributed by atoms with Crippen molar-refractivity contribution in [2.24, 2.45) is 5.92 Å². The molecule has 0 fully saturated rings. The highest BCUT2D eigenvalue weighted by Crippen LogP contribution is 2.12. The molecule has 0 aliphatic carbocycles. The number of rotatable bonds is 2. The van der Waals surface area contributed by atoms with E-state index in [1.54, 1.807) is 0 Å². The number of fused-ring (bicyclic) bond motifs is 1. The molecule has 1 aliphatic heterocycles. The molecule has 0 saturated heterocycles. The molecule has 2 heterocycles. The molecule has 0 bridgehead atoms. The van der Waals surface area contributed by atoms with Crippen molar-refractivity contribution in [3.63, 3.8) is 0 Å². The van der Waals surface area contributed by atoms with Crippen LogP contribution in [0.15, 0.2) is 6.20 Å². The Hall–Kier alpha value is -0.830. The van der Waals surface area contributed by atoms with E-state index in [2.05, 4.69) is 28.7 Å². The lowest BCUT2D eigenvalue weighted by Crippen LogP contribution is -2.29. The van der Waals surface area contributed by atoms with E-state index in [9.17, 15) is 0 Å². The topological polar surface area (TPSA) is 29.9 Å². The van der Waals surface area contributed by atoms with Crippen molar-refractivity contribution < 1.29 is 0 Å². The summed E-state index contributed by atoms with van der Waals surface area (Å²) in [5.41, 5.74) is 1.39. The summed E-state index contributed by atoms with van der Waals surface area (Å²) < 4.78 is 2.36. The molecule has 72 valence electrons. The van der Waals surface area contributed by atoms with Crippen molar-refractivity contribution in [1.82, 2.24) is 14.9 Å². The van der Waals surface area contributed by atoms with E-state index in [1.807, 2.05) is 6.20 Å². The monoisotopic (exact) mass is 179 g/mol. The summed E-state index contributed by atoms with van der Waals surface area (Å²) in [4.78, 5) is 4.41. The summed E-state index contributed by atoms with van der Waals surface area (Å²) in [6.07, 6.45) is 3.18. The van der Waals surface area contributed by atoms with Gasteiger partial charge in [-0.05, 0) is 12.3 Å². The zero-order valence-corrected chi connectivity index (χ0v) is 8.38. The van der Waals surface area contributed by atoms with E-state index in [-0.39, 0.29) is 0 Å². The Labute approximate surface area is 79.2 Å². The number of hydrogen-bond acceptors (Lipinski definition) is 2. The molecule has 3 nitrogen and oxygen atoms in total. The average Bonchev–Trinajstić information content (AvgIpc) is 2.48. The molecule has 1 aromatic rings. The van der Waals surface area contributed by atoms with Crippen LogP contribution in [0.25, 0.3) is 0 Å². The van der Waals surface area contributed by atoms with Gasteiger partial charge in [-0.15, -0.1) is 0 Å². The van der Waals surface area contributed by atoms with Crippen LogP contribution in [0.3, 0.4) is 0 Å². The molecule has 1 aromatic heterocycles. The zero-order chi connectivity index (χ0) is 9.26. The maximum atomic E-state index is 4.41. The first-order valence-corrected chi connectivity index (χ1v) is 5.01. The van der Waals surface area contributed by atoms with Crippen LogP contribution in [0.1, 0.15) is 25.4 Å². The minimum atomic E-state index is 0.718. The van der Waals surface area contributed by atoms with Gasteiger partial charge in [0.25, 0.3) is 0 Å². The molecule has 0 spiro atoms. The standard InChI is InChI=1S/C10H17N3/c1-8(2)5-9-6-12-10-7-11-3-4-13(9)10/h6,8,11H,3-5,7H2,1-2H3. The van der Waals surface area contributed by atoms with Crippen LogP contribution < -0.4 is 5.32 Å². The van der Waals surface area contributed by atoms with Gasteiger partial charge in [0.05, 0.1) is 6.54 Å². The fourth-order valence-corrected chi connectivity index (χ4v) is 1.84. The largest absolute Gasteiger partial charge is 0.330 e. The van der Waals surface area contributed by atoms with Gasteiger partial charge < -0.3 is 9.88 Å². The lowest BCUT2D eigenvalue weighted by molar-refractivity contribution is 0.482. The minimum absolute atomic E-state index is 0.718. The molecule has 0 amide bonds. The van der Waals surface area contributed by atoms with E-state index in [0.717, 1.165) is 32.0 Å². The van der Waals surface area contributed by atoms with Crippen molar-refractivity contribution in [2.45, 2.75) is 33.4 Å². The summed E-state index contributed by atoms with van der Waals surface area (Å²) in [6.45, 7) is 7.59. The van der Waals surface area contributed by atoms with Gasteiger partial charge in [0, 0.05) is 25.0 Å². The van der Waals surface area contributed by atoms with E-state index in [0.29, 0.717) is 0 Å². The van der Waals surface area contributed by atoms with Crippen molar-refractivity contribution in [1.29, 1.82) is 0 Å². The van der Waals surface area contributed by atoms with Crippen LogP contribution in [0.2, 0.25) is 0 Å². The van der Waals surface area contributed by atoms with Crippen LogP contribution in [-0.4, -0.2) is 16.1 Å². The lowest BCUT2D eigenvalue weighted by atomic mass is 10.1. The van der Waals surface area contributed by atoms with Crippen LogP contribution in [-0.2, 0) is 19.5 Å². The number of imidazole rings is 1. The van der Waals surface area contributed by atoms with Crippen molar-refractivity contribution in [3.05, 3.63) is 17.7 Å². The molecule has 0 aromatic carbocycles. The Morgan fingerprint density at radius 2 is 2.46 bits per heavy atom. The second kappa shape index (κ2) is 3.50. The maximum absolute atomic E-state index is 4.41. The normalized spacial score (nSPS) is 16.2. The fourth-order valence-electron chi connectivity index (χ4n) is 1.84. The fraction of sp³-hybridized carbons (Fsp3) is 0.700. The molecule has 13 heavy (non-hydrogen) atoms. The Morgan fingerprint density at radius 1 is 1.62 bits per heavy atom. The van der Waals surface area contributed by atoms with E-state index >= 15 is 0 Å². The highest BCUT2D eigenvalue weighted by molar-refractivity contribution is 5.07. The SMILES string of the molecule is CC(C)Cc1cnc2n1CCNC2. The predicted octanol–water partition coefficient (Wildman–Crippen LogP) is 1.18. The Kier molecular flexibility index (Phi) is 2.36. The molecule has 2 rings (SSSR count). The van der Waals surface area contributed by atoms with Gasteiger partial charge in [-0.2, -0.15) is 0 Å². The Morgan fingerprint density at radius 3 is 3.23 bits per heavy atom. The van der Waals surface area contributed by atoms with Gasteiger partial charge in [-0.1, -0.05) is 13.8 Å². The summed E-state index contributed by atoms with van der Waals surface area (Å²) in [7, 11) is 0. The Bertz CT molecular complexity index is 288. The molecule has 0 radical (unpaired) electrons. The number of hydrogen-bond donors (Lipinski definition) is 1. The molecule has 3 heteroatoms. The maximum Gasteiger partial charge on any atom is 0.122 e. The first-order valence-electron chi connectivity index (χ1n) is 5.01. The van der Waals surface area contributed by atoms with Crippen molar-refractivity contribution in [2.75, 3.05) is 6.54 Å². The third-order valence-corrected chi connectivity index (χ3v) is 2.43. The minimum Gasteiger partial charge on any atom is -0.330 e. The smallest absolute Gasteiger partial charge is 0.122 e. The van der Waals surface area contributed by atoms with Crippen molar-refractivity contribution >= 4 is 0 Å². The zero-order valence-electron chi connectivity index (χ0n) is 8.38. The van der Waals surface area contributed by atoms with Crippen molar-refractivity contribution in [3.8, 4) is 0 Å². The molecule has 0 saturated carbocycles. The second-order valence-corrected chi connectivity index (χ2v) is 4.09. The second-order valence-electron chi connectivity index (χ2n) is 4.09. The van der Waals surface area contributed by atoms with Gasteiger partial charge in [0.15, 0.2) is 0 Å². The molecule has 0 unspecified atom stereocenters. The quantitative estimate of drug-likeness (QED) is 0.739. The first-order chi connectivity index (χ1) is 6.27. The van der Waals surface area contributed by atoms with Gasteiger partial charge in [0.1, 0.15) is 5.82 Å². The number of nitrogens with zero attached hydrogens (tertiary/aromatic N) is 2. The van der Waals surface area contributed by atoms with Crippen LogP contribution in [0.4, 0.5) is 0 Å². The summed E-state index contributed by atoms with van der Waals surface area (Å²) >= 11 is 0. The molecule has 1 N–H and O–H groups in total. The van der Waals surface area contributed by atoms with E-state index in [1.165, 1.54) is 11.5 Å². The lowest BCUT2D eigenvalue weighted by Gasteiger charge is -2.18. The van der Waals surface area contributed by atoms with Gasteiger partial charge in [0.2, 0.25) is 0 Å². The Balaban J connectivity index is 2.21. The number of nitrogens with one attached hydrogen (secondary N) is 1. The highest BCUT2D eigenvalue weighted by atomic mass is 15.2. The number of aromatic nitrogens is 2. The molecular formula is C10H17N3. The van der Waals surface area contributed by atoms with E-state index in [4.69, 9.17) is 0 Å². The van der Waals surface area contributed by atoms with Crippen LogP contribution in [0, 0.1) is 5.92 Å². The third kappa shape index (κ3) is 1.75. The van der Waals surface area contributed by atoms with Crippen LogP contribution >= 0.6 is 0 Å². The molecule has 0 atom stereocenters. The molecule has 1 aliphatic rings. The molecular weight excluding hydrogens is 162 g/mol. The summed E-state index contributed by atoms with van der Waals surface area (Å²) in [5.74, 6) is 1.91. The summed E-state index contributed by atoms with van der Waals surface area (Å²) in [6, 6.07) is 0. The average molecular weight is 179 g/mol. The summed E-state index contributed by atoms with van der Waals surface area (Å²) in [5, 5.41) is 3.32. The van der Waals surface area contributed by atoms with Gasteiger partial charge in [-0.25, -0.2) is 4.98 Å². The van der Waals surface area contributed by atoms with E-state index < -0.39 is 0 Å². The van der Waals surface area contributed by atoms with Gasteiger partial charge in [-0.3, -0.25) is 0 Å². The predicted molar refractivity (Wildman–Crippen MR) is 52.5 cm³/mol. The van der Waals surface area contributed by atoms with Gasteiger partial charge >= 0.3 is 0 Å². The first kappa shape index (κ1) is 8.75. The van der Waals surface area contributed by atoms with Crippen LogP contribution in [0.5, 0.6) is 0 Å². The third-order valence-electron chi connectivity index (χ3n) is 2.43. The highest BCUT2D eigenvalue weighted by Gasteiger charge is 2.13.